The summed E-state index contributed by atoms with van der Waals surface area (Å²) < 4.78 is 8.53. The molecule has 0 saturated carbocycles. The van der Waals surface area contributed by atoms with Gasteiger partial charge in [0, 0.05) is 24.2 Å². The minimum atomic E-state index is -0.204. The molecule has 9 nitrogen and oxygen atoms in total. The summed E-state index contributed by atoms with van der Waals surface area (Å²) in [7, 11) is 1.76. The Bertz CT molecular complexity index is 1340. The highest BCUT2D eigenvalue weighted by Gasteiger charge is 2.31. The van der Waals surface area contributed by atoms with Crippen molar-refractivity contribution >= 4 is 28.3 Å². The lowest BCUT2D eigenvalue weighted by Gasteiger charge is -2.10. The van der Waals surface area contributed by atoms with Crippen molar-refractivity contribution < 1.29 is 4.52 Å². The molecule has 0 spiro atoms. The molecule has 0 radical (unpaired) electrons. The van der Waals surface area contributed by atoms with E-state index >= 15 is 0 Å². The summed E-state index contributed by atoms with van der Waals surface area (Å²) in [5, 5.41) is 4.83. The number of nitrogens with zero attached hydrogens (tertiary/aromatic N) is 7. The molecule has 2 atom stereocenters. The Labute approximate surface area is 176 Å². The Morgan fingerprint density at radius 3 is 2.93 bits per heavy atom. The van der Waals surface area contributed by atoms with Gasteiger partial charge >= 0.3 is 0 Å². The second kappa shape index (κ2) is 7.17. The van der Waals surface area contributed by atoms with E-state index in [1.54, 1.807) is 30.2 Å². The Hall–Kier alpha value is -3.33. The second-order valence-corrected chi connectivity index (χ2v) is 7.91. The largest absolute Gasteiger partial charge is 0.337 e. The lowest BCUT2D eigenvalue weighted by atomic mass is 9.96. The number of hydrogen-bond acceptors (Lipinski definition) is 7. The lowest BCUT2D eigenvalue weighted by molar-refractivity contribution is 0.359. The van der Waals surface area contributed by atoms with Gasteiger partial charge in [0.2, 0.25) is 5.89 Å². The molecule has 1 aliphatic carbocycles. The van der Waals surface area contributed by atoms with Crippen molar-refractivity contribution in [1.29, 1.82) is 0 Å². The third-order valence-corrected chi connectivity index (χ3v) is 5.65. The molecule has 1 aliphatic rings. The first kappa shape index (κ1) is 18.7. The molecule has 0 bridgehead atoms. The molecule has 0 fully saturated rings. The summed E-state index contributed by atoms with van der Waals surface area (Å²) in [5.41, 5.74) is 2.62. The van der Waals surface area contributed by atoms with E-state index in [1.807, 2.05) is 6.07 Å². The predicted molar refractivity (Wildman–Crippen MR) is 110 cm³/mol. The van der Waals surface area contributed by atoms with Gasteiger partial charge in [0.15, 0.2) is 17.0 Å². The van der Waals surface area contributed by atoms with Crippen molar-refractivity contribution in [2.75, 3.05) is 0 Å². The molecule has 0 N–H and O–H groups in total. The van der Waals surface area contributed by atoms with E-state index in [9.17, 15) is 4.79 Å². The monoisotopic (exact) mass is 423 g/mol. The standard InChI is InChI=1S/C20H18ClN7O2/c1-11-5-12(15-7-13(21)3-4-22-15)6-14(11)18-25-16(30-26-18)8-28-10-24-19-17(20(28)29)27(2)9-23-19/h3-5,7,9-11,14H,6,8H2,1-2H3/t11-,14+/m1/s1. The van der Waals surface area contributed by atoms with Crippen LogP contribution >= 0.6 is 11.6 Å². The van der Waals surface area contributed by atoms with Gasteiger partial charge in [-0.05, 0) is 30.0 Å². The Morgan fingerprint density at radius 2 is 2.10 bits per heavy atom. The summed E-state index contributed by atoms with van der Waals surface area (Å²) in [4.78, 5) is 30.0. The Morgan fingerprint density at radius 1 is 1.27 bits per heavy atom. The first-order valence-corrected chi connectivity index (χ1v) is 9.89. The topological polar surface area (TPSA) is 105 Å². The Kier molecular flexibility index (Phi) is 4.47. The number of pyridine rings is 1. The van der Waals surface area contributed by atoms with Gasteiger partial charge in [0.05, 0.1) is 12.0 Å². The third-order valence-electron chi connectivity index (χ3n) is 5.41. The van der Waals surface area contributed by atoms with Gasteiger partial charge in [-0.15, -0.1) is 0 Å². The zero-order valence-corrected chi connectivity index (χ0v) is 17.1. The van der Waals surface area contributed by atoms with Crippen LogP contribution in [-0.2, 0) is 13.6 Å². The van der Waals surface area contributed by atoms with Gasteiger partial charge in [-0.2, -0.15) is 4.98 Å². The quantitative estimate of drug-likeness (QED) is 0.497. The van der Waals surface area contributed by atoms with E-state index in [-0.39, 0.29) is 23.9 Å². The molecule has 4 heterocycles. The number of aryl methyl sites for hydroxylation is 1. The van der Waals surface area contributed by atoms with Crippen LogP contribution in [0.2, 0.25) is 5.02 Å². The van der Waals surface area contributed by atoms with Crippen LogP contribution in [0.4, 0.5) is 0 Å². The van der Waals surface area contributed by atoms with Gasteiger partial charge in [-0.25, -0.2) is 9.97 Å². The van der Waals surface area contributed by atoms with Crippen LogP contribution in [0, 0.1) is 5.92 Å². The molecular formula is C20H18ClN7O2. The second-order valence-electron chi connectivity index (χ2n) is 7.47. The van der Waals surface area contributed by atoms with Crippen molar-refractivity contribution in [3.05, 3.63) is 69.8 Å². The SMILES string of the molecule is C[C@@H]1C=C(c2cc(Cl)ccn2)C[C@@H]1c1noc(Cn2cnc3ncn(C)c3c2=O)n1. The van der Waals surface area contributed by atoms with Crippen LogP contribution in [0.25, 0.3) is 16.7 Å². The van der Waals surface area contributed by atoms with Gasteiger partial charge in [0.25, 0.3) is 5.56 Å². The molecule has 5 rings (SSSR count). The summed E-state index contributed by atoms with van der Waals surface area (Å²) in [6, 6.07) is 3.62. The van der Waals surface area contributed by atoms with Crippen molar-refractivity contribution in [1.82, 2.24) is 34.2 Å². The lowest BCUT2D eigenvalue weighted by Crippen LogP contribution is -2.22. The fourth-order valence-electron chi connectivity index (χ4n) is 3.83. The summed E-state index contributed by atoms with van der Waals surface area (Å²) in [6.45, 7) is 2.26. The van der Waals surface area contributed by atoms with Crippen LogP contribution in [0.3, 0.4) is 0 Å². The van der Waals surface area contributed by atoms with Crippen molar-refractivity contribution in [2.45, 2.75) is 25.8 Å². The van der Waals surface area contributed by atoms with Crippen LogP contribution in [-0.4, -0.2) is 34.2 Å². The molecule has 152 valence electrons. The normalized spacial score (nSPS) is 18.8. The van der Waals surface area contributed by atoms with Gasteiger partial charge in [-0.3, -0.25) is 14.3 Å². The number of hydrogen-bond donors (Lipinski definition) is 0. The van der Waals surface area contributed by atoms with E-state index in [4.69, 9.17) is 16.1 Å². The predicted octanol–water partition coefficient (Wildman–Crippen LogP) is 2.82. The molecule has 0 aliphatic heterocycles. The highest BCUT2D eigenvalue weighted by Crippen LogP contribution is 2.41. The fourth-order valence-corrected chi connectivity index (χ4v) is 3.99. The molecular weight excluding hydrogens is 406 g/mol. The van der Waals surface area contributed by atoms with E-state index in [1.165, 1.54) is 10.9 Å². The van der Waals surface area contributed by atoms with E-state index in [2.05, 4.69) is 38.1 Å². The zero-order chi connectivity index (χ0) is 20.8. The van der Waals surface area contributed by atoms with Gasteiger partial charge in [0.1, 0.15) is 12.9 Å². The minimum Gasteiger partial charge on any atom is -0.337 e. The fraction of sp³-hybridized carbons (Fsp3) is 0.300. The molecule has 30 heavy (non-hydrogen) atoms. The van der Waals surface area contributed by atoms with E-state index in [0.29, 0.717) is 27.9 Å². The number of allylic oxidation sites excluding steroid dienone is 2. The Balaban J connectivity index is 1.37. The molecule has 4 aromatic heterocycles. The first-order chi connectivity index (χ1) is 14.5. The van der Waals surface area contributed by atoms with Crippen LogP contribution in [0.5, 0.6) is 0 Å². The highest BCUT2D eigenvalue weighted by molar-refractivity contribution is 6.30. The number of halogens is 1. The average molecular weight is 424 g/mol. The van der Waals surface area contributed by atoms with Gasteiger partial charge in [-0.1, -0.05) is 29.8 Å². The number of rotatable bonds is 4. The number of fused-ring (bicyclic) bond motifs is 1. The number of imidazole rings is 1. The summed E-state index contributed by atoms with van der Waals surface area (Å²) in [6.07, 6.45) is 7.63. The van der Waals surface area contributed by atoms with E-state index in [0.717, 1.165) is 17.7 Å². The van der Waals surface area contributed by atoms with Crippen molar-refractivity contribution in [3.63, 3.8) is 0 Å². The average Bonchev–Trinajstić information content (AvgIpc) is 3.43. The smallest absolute Gasteiger partial charge is 0.280 e. The third kappa shape index (κ3) is 3.21. The maximum absolute atomic E-state index is 12.7. The molecule has 4 aromatic rings. The maximum atomic E-state index is 12.7. The molecule has 0 aromatic carbocycles. The highest BCUT2D eigenvalue weighted by atomic mass is 35.5. The molecule has 0 amide bonds. The molecule has 0 unspecified atom stereocenters. The maximum Gasteiger partial charge on any atom is 0.280 e. The van der Waals surface area contributed by atoms with Crippen LogP contribution in [0.1, 0.15) is 36.7 Å². The summed E-state index contributed by atoms with van der Waals surface area (Å²) in [5.74, 6) is 1.28. The first-order valence-electron chi connectivity index (χ1n) is 9.51. The molecule has 0 saturated heterocycles. The van der Waals surface area contributed by atoms with Crippen molar-refractivity contribution in [3.8, 4) is 0 Å². The van der Waals surface area contributed by atoms with E-state index < -0.39 is 0 Å². The zero-order valence-electron chi connectivity index (χ0n) is 16.4. The number of aromatic nitrogens is 7. The summed E-state index contributed by atoms with van der Waals surface area (Å²) >= 11 is 6.10. The van der Waals surface area contributed by atoms with Crippen LogP contribution < -0.4 is 5.56 Å². The van der Waals surface area contributed by atoms with Crippen molar-refractivity contribution in [2.24, 2.45) is 13.0 Å². The minimum absolute atomic E-state index is 0.0766. The van der Waals surface area contributed by atoms with Gasteiger partial charge < -0.3 is 9.09 Å². The molecule has 10 heteroatoms. The van der Waals surface area contributed by atoms with Crippen LogP contribution in [0.15, 0.2) is 46.4 Å².